The summed E-state index contributed by atoms with van der Waals surface area (Å²) in [5.41, 5.74) is 0.435. The maximum atomic E-state index is 12.7. The SMILES string of the molecule is COc1cc(C(=O)NCC2CCN(S(=O)(=O)c3ccccc3)CC2)cc2c1OCCO2. The first kappa shape index (κ1) is 21.5. The quantitative estimate of drug-likeness (QED) is 0.732. The van der Waals surface area contributed by atoms with E-state index in [1.165, 1.54) is 11.4 Å². The fourth-order valence-corrected chi connectivity index (χ4v) is 5.33. The molecule has 0 aromatic heterocycles. The molecule has 8 nitrogen and oxygen atoms in total. The molecule has 2 heterocycles. The molecule has 1 N–H and O–H groups in total. The minimum atomic E-state index is -3.47. The van der Waals surface area contributed by atoms with Gasteiger partial charge < -0.3 is 19.5 Å². The molecule has 1 amide bonds. The van der Waals surface area contributed by atoms with E-state index in [4.69, 9.17) is 14.2 Å². The molecule has 166 valence electrons. The molecule has 31 heavy (non-hydrogen) atoms. The van der Waals surface area contributed by atoms with Crippen LogP contribution in [0.3, 0.4) is 0 Å². The van der Waals surface area contributed by atoms with Gasteiger partial charge in [-0.25, -0.2) is 8.42 Å². The van der Waals surface area contributed by atoms with Crippen LogP contribution in [0.2, 0.25) is 0 Å². The number of ether oxygens (including phenoxy) is 3. The summed E-state index contributed by atoms with van der Waals surface area (Å²) in [5.74, 6) is 1.45. The second kappa shape index (κ2) is 9.15. The van der Waals surface area contributed by atoms with Gasteiger partial charge in [0.15, 0.2) is 11.5 Å². The number of sulfonamides is 1. The Morgan fingerprint density at radius 3 is 2.55 bits per heavy atom. The van der Waals surface area contributed by atoms with Crippen molar-refractivity contribution in [1.29, 1.82) is 0 Å². The highest BCUT2D eigenvalue weighted by atomic mass is 32.2. The van der Waals surface area contributed by atoms with Crippen molar-refractivity contribution >= 4 is 15.9 Å². The Morgan fingerprint density at radius 2 is 1.84 bits per heavy atom. The molecule has 0 bridgehead atoms. The number of nitrogens with zero attached hydrogens (tertiary/aromatic N) is 1. The van der Waals surface area contributed by atoms with Gasteiger partial charge >= 0.3 is 0 Å². The number of amides is 1. The van der Waals surface area contributed by atoms with Gasteiger partial charge in [-0.2, -0.15) is 4.31 Å². The van der Waals surface area contributed by atoms with E-state index < -0.39 is 10.0 Å². The number of benzene rings is 2. The topological polar surface area (TPSA) is 94.2 Å². The maximum Gasteiger partial charge on any atom is 0.251 e. The highest BCUT2D eigenvalue weighted by molar-refractivity contribution is 7.89. The molecular formula is C22H26N2O6S. The van der Waals surface area contributed by atoms with Crippen molar-refractivity contribution < 1.29 is 27.4 Å². The second-order valence-corrected chi connectivity index (χ2v) is 9.51. The Labute approximate surface area is 182 Å². The Balaban J connectivity index is 1.33. The number of piperidine rings is 1. The van der Waals surface area contributed by atoms with Crippen LogP contribution < -0.4 is 19.5 Å². The third-order valence-corrected chi connectivity index (χ3v) is 7.51. The van der Waals surface area contributed by atoms with Crippen LogP contribution in [0.4, 0.5) is 0 Å². The zero-order valence-corrected chi connectivity index (χ0v) is 18.2. The molecule has 9 heteroatoms. The molecular weight excluding hydrogens is 420 g/mol. The number of nitrogens with one attached hydrogen (secondary N) is 1. The molecule has 0 saturated carbocycles. The first-order valence-corrected chi connectivity index (χ1v) is 11.7. The van der Waals surface area contributed by atoms with Crippen LogP contribution in [0.15, 0.2) is 47.4 Å². The number of carbonyl (C=O) groups is 1. The molecule has 0 radical (unpaired) electrons. The largest absolute Gasteiger partial charge is 0.493 e. The van der Waals surface area contributed by atoms with Crippen LogP contribution in [0.25, 0.3) is 0 Å². The van der Waals surface area contributed by atoms with Gasteiger partial charge in [0, 0.05) is 25.2 Å². The zero-order valence-electron chi connectivity index (χ0n) is 17.4. The molecule has 2 aromatic rings. The van der Waals surface area contributed by atoms with Crippen LogP contribution >= 0.6 is 0 Å². The van der Waals surface area contributed by atoms with Gasteiger partial charge in [0.2, 0.25) is 15.8 Å². The molecule has 1 saturated heterocycles. The van der Waals surface area contributed by atoms with Gasteiger partial charge in [-0.3, -0.25) is 4.79 Å². The van der Waals surface area contributed by atoms with Gasteiger partial charge in [-0.1, -0.05) is 18.2 Å². The molecule has 0 unspecified atom stereocenters. The number of carbonyl (C=O) groups excluding carboxylic acids is 1. The Morgan fingerprint density at radius 1 is 1.13 bits per heavy atom. The minimum Gasteiger partial charge on any atom is -0.493 e. The highest BCUT2D eigenvalue weighted by Gasteiger charge is 2.29. The fourth-order valence-electron chi connectivity index (χ4n) is 3.84. The van der Waals surface area contributed by atoms with Crippen LogP contribution in [-0.2, 0) is 10.0 Å². The predicted molar refractivity (Wildman–Crippen MR) is 114 cm³/mol. The van der Waals surface area contributed by atoms with Crippen molar-refractivity contribution in [1.82, 2.24) is 9.62 Å². The molecule has 0 spiro atoms. The number of hydrogen-bond donors (Lipinski definition) is 1. The van der Waals surface area contributed by atoms with Crippen molar-refractivity contribution in [2.45, 2.75) is 17.7 Å². The highest BCUT2D eigenvalue weighted by Crippen LogP contribution is 2.40. The van der Waals surface area contributed by atoms with Gasteiger partial charge in [0.1, 0.15) is 13.2 Å². The van der Waals surface area contributed by atoms with Gasteiger partial charge in [0.05, 0.1) is 12.0 Å². The van der Waals surface area contributed by atoms with Crippen LogP contribution in [0.5, 0.6) is 17.2 Å². The molecule has 2 aliphatic heterocycles. The maximum absolute atomic E-state index is 12.7. The summed E-state index contributed by atoms with van der Waals surface area (Å²) >= 11 is 0. The Bertz CT molecular complexity index is 1020. The van der Waals surface area contributed by atoms with Crippen LogP contribution in [-0.4, -0.2) is 58.6 Å². The first-order valence-electron chi connectivity index (χ1n) is 10.3. The molecule has 4 rings (SSSR count). The summed E-state index contributed by atoms with van der Waals surface area (Å²) in [5, 5.41) is 2.95. The minimum absolute atomic E-state index is 0.213. The average Bonchev–Trinajstić information content (AvgIpc) is 2.82. The van der Waals surface area contributed by atoms with Gasteiger partial charge in [-0.05, 0) is 43.0 Å². The summed E-state index contributed by atoms with van der Waals surface area (Å²) < 4.78 is 43.5. The van der Waals surface area contributed by atoms with Crippen molar-refractivity contribution in [3.05, 3.63) is 48.0 Å². The third kappa shape index (κ3) is 4.62. The van der Waals surface area contributed by atoms with Crippen molar-refractivity contribution in [2.24, 2.45) is 5.92 Å². The van der Waals surface area contributed by atoms with Crippen LogP contribution in [0.1, 0.15) is 23.2 Å². The van der Waals surface area contributed by atoms with E-state index in [-0.39, 0.29) is 11.8 Å². The van der Waals surface area contributed by atoms with Gasteiger partial charge in [0.25, 0.3) is 5.91 Å². The Kier molecular flexibility index (Phi) is 6.33. The lowest BCUT2D eigenvalue weighted by atomic mass is 9.98. The lowest BCUT2D eigenvalue weighted by Crippen LogP contribution is -2.41. The lowest BCUT2D eigenvalue weighted by molar-refractivity contribution is 0.0939. The van der Waals surface area contributed by atoms with E-state index in [1.54, 1.807) is 42.5 Å². The van der Waals surface area contributed by atoms with E-state index in [2.05, 4.69) is 5.32 Å². The molecule has 2 aliphatic rings. The standard InChI is InChI=1S/C22H26N2O6S/c1-28-19-13-17(14-20-21(19)30-12-11-29-20)22(25)23-15-16-7-9-24(10-8-16)31(26,27)18-5-3-2-4-6-18/h2-6,13-14,16H,7-12,15H2,1H3,(H,23,25). The van der Waals surface area contributed by atoms with Crippen molar-refractivity contribution in [3.8, 4) is 17.2 Å². The number of rotatable bonds is 6. The van der Waals surface area contributed by atoms with Crippen molar-refractivity contribution in [2.75, 3.05) is 40.0 Å². The van der Waals surface area contributed by atoms with E-state index >= 15 is 0 Å². The summed E-state index contributed by atoms with van der Waals surface area (Å²) in [6, 6.07) is 11.8. The molecule has 0 atom stereocenters. The summed E-state index contributed by atoms with van der Waals surface area (Å²) in [4.78, 5) is 13.0. The normalized spacial score (nSPS) is 17.2. The lowest BCUT2D eigenvalue weighted by Gasteiger charge is -2.31. The summed E-state index contributed by atoms with van der Waals surface area (Å²) in [6.07, 6.45) is 1.38. The van der Waals surface area contributed by atoms with E-state index in [9.17, 15) is 13.2 Å². The van der Waals surface area contributed by atoms with Crippen LogP contribution in [0, 0.1) is 5.92 Å². The van der Waals surface area contributed by atoms with E-state index in [1.807, 2.05) is 0 Å². The van der Waals surface area contributed by atoms with E-state index in [0.717, 1.165) is 0 Å². The average molecular weight is 447 g/mol. The van der Waals surface area contributed by atoms with Gasteiger partial charge in [-0.15, -0.1) is 0 Å². The summed E-state index contributed by atoms with van der Waals surface area (Å²) in [6.45, 7) is 2.22. The smallest absolute Gasteiger partial charge is 0.251 e. The monoisotopic (exact) mass is 446 g/mol. The Hall–Kier alpha value is -2.78. The predicted octanol–water partition coefficient (Wildman–Crippen LogP) is 2.30. The second-order valence-electron chi connectivity index (χ2n) is 7.57. The third-order valence-electron chi connectivity index (χ3n) is 5.60. The number of methoxy groups -OCH3 is 1. The fraction of sp³-hybridized carbons (Fsp3) is 0.409. The first-order chi connectivity index (χ1) is 15.0. The van der Waals surface area contributed by atoms with Crippen molar-refractivity contribution in [3.63, 3.8) is 0 Å². The molecule has 1 fully saturated rings. The zero-order chi connectivity index (χ0) is 21.8. The summed E-state index contributed by atoms with van der Waals surface area (Å²) in [7, 11) is -1.95. The number of fused-ring (bicyclic) bond motifs is 1. The van der Waals surface area contributed by atoms with E-state index in [0.29, 0.717) is 73.4 Å². The molecule has 0 aliphatic carbocycles. The number of hydrogen-bond acceptors (Lipinski definition) is 6. The molecule has 2 aromatic carbocycles.